The molecular formula is C9H15N3O. The molecule has 0 saturated carbocycles. The van der Waals surface area contributed by atoms with E-state index < -0.39 is 0 Å². The fraction of sp³-hybridized carbons (Fsp3) is 0.889. The largest absolute Gasteiger partial charge is 0.374 e. The summed E-state index contributed by atoms with van der Waals surface area (Å²) in [7, 11) is 0. The van der Waals surface area contributed by atoms with Crippen molar-refractivity contribution in [1.29, 1.82) is 0 Å². The molecule has 3 unspecified atom stereocenters. The van der Waals surface area contributed by atoms with Gasteiger partial charge in [0.25, 0.3) is 0 Å². The highest BCUT2D eigenvalue weighted by Gasteiger charge is 2.41. The lowest BCUT2D eigenvalue weighted by Gasteiger charge is -2.28. The number of hydrogen-bond donors (Lipinski definition) is 1. The van der Waals surface area contributed by atoms with E-state index in [4.69, 9.17) is 4.74 Å². The molecule has 4 heteroatoms. The van der Waals surface area contributed by atoms with Crippen molar-refractivity contribution < 1.29 is 4.74 Å². The van der Waals surface area contributed by atoms with E-state index in [9.17, 15) is 0 Å². The number of ether oxygens (including phenoxy) is 1. The summed E-state index contributed by atoms with van der Waals surface area (Å²) in [5.74, 6) is 1.10. The second kappa shape index (κ2) is 2.61. The Morgan fingerprint density at radius 2 is 2.54 bits per heavy atom. The molecule has 2 saturated heterocycles. The molecule has 0 aliphatic carbocycles. The Bertz CT molecular complexity index is 253. The Labute approximate surface area is 78.0 Å². The molecule has 2 fully saturated rings. The van der Waals surface area contributed by atoms with E-state index in [-0.39, 0.29) is 0 Å². The van der Waals surface area contributed by atoms with Crippen LogP contribution in [0.1, 0.15) is 13.3 Å². The normalized spacial score (nSPS) is 42.4. The Morgan fingerprint density at radius 3 is 3.08 bits per heavy atom. The summed E-state index contributed by atoms with van der Waals surface area (Å²) < 4.78 is 5.54. The van der Waals surface area contributed by atoms with Crippen molar-refractivity contribution in [1.82, 2.24) is 10.2 Å². The summed E-state index contributed by atoms with van der Waals surface area (Å²) in [6.45, 7) is 5.01. The number of likely N-dealkylation sites (tertiary alicyclic amines) is 1. The molecule has 3 atom stereocenters. The molecule has 72 valence electrons. The molecule has 3 rings (SSSR count). The van der Waals surface area contributed by atoms with Crippen LogP contribution in [0.15, 0.2) is 4.99 Å². The first-order valence-electron chi connectivity index (χ1n) is 5.02. The minimum Gasteiger partial charge on any atom is -0.374 e. The van der Waals surface area contributed by atoms with Gasteiger partial charge in [-0.1, -0.05) is 0 Å². The lowest BCUT2D eigenvalue weighted by Crippen LogP contribution is -2.47. The highest BCUT2D eigenvalue weighted by Crippen LogP contribution is 2.28. The Balaban J connectivity index is 1.73. The predicted molar refractivity (Wildman–Crippen MR) is 49.8 cm³/mol. The van der Waals surface area contributed by atoms with Crippen molar-refractivity contribution in [3.05, 3.63) is 0 Å². The molecule has 0 aromatic heterocycles. The van der Waals surface area contributed by atoms with Crippen LogP contribution >= 0.6 is 0 Å². The Hall–Kier alpha value is -0.770. The van der Waals surface area contributed by atoms with Crippen LogP contribution in [0.5, 0.6) is 0 Å². The van der Waals surface area contributed by atoms with Crippen LogP contribution in [-0.4, -0.2) is 48.7 Å². The van der Waals surface area contributed by atoms with Gasteiger partial charge in [0.05, 0.1) is 25.3 Å². The van der Waals surface area contributed by atoms with Crippen LogP contribution < -0.4 is 5.32 Å². The molecule has 4 nitrogen and oxygen atoms in total. The maximum atomic E-state index is 5.54. The monoisotopic (exact) mass is 181 g/mol. The van der Waals surface area contributed by atoms with E-state index in [1.165, 1.54) is 6.42 Å². The zero-order chi connectivity index (χ0) is 8.84. The van der Waals surface area contributed by atoms with Gasteiger partial charge in [0.2, 0.25) is 0 Å². The number of fused-ring (bicyclic) bond motifs is 2. The standard InChI is InChI=1S/C9H15N3O/c1-6-3-10-9(11-6)12-4-8-2-7(12)5-13-8/h6-8H,2-5H2,1H3,(H,10,11). The van der Waals surface area contributed by atoms with Gasteiger partial charge in [0.1, 0.15) is 0 Å². The second-order valence-electron chi connectivity index (χ2n) is 4.21. The number of morpholine rings is 1. The number of nitrogens with one attached hydrogen (secondary N) is 1. The number of nitrogens with zero attached hydrogens (tertiary/aromatic N) is 2. The summed E-state index contributed by atoms with van der Waals surface area (Å²) >= 11 is 0. The minimum atomic E-state index is 0.463. The first-order valence-corrected chi connectivity index (χ1v) is 5.02. The van der Waals surface area contributed by atoms with E-state index in [1.54, 1.807) is 0 Å². The van der Waals surface area contributed by atoms with Crippen molar-refractivity contribution in [2.75, 3.05) is 19.7 Å². The fourth-order valence-electron chi connectivity index (χ4n) is 2.37. The minimum absolute atomic E-state index is 0.463. The molecular weight excluding hydrogens is 166 g/mol. The molecule has 1 N–H and O–H groups in total. The molecule has 0 amide bonds. The maximum absolute atomic E-state index is 5.54. The first kappa shape index (κ1) is 7.62. The zero-order valence-electron chi connectivity index (χ0n) is 7.86. The topological polar surface area (TPSA) is 36.9 Å². The van der Waals surface area contributed by atoms with E-state index in [0.717, 1.165) is 25.7 Å². The maximum Gasteiger partial charge on any atom is 0.194 e. The SMILES string of the molecule is CC1CN=C(N2CC3CC2CO3)N1. The van der Waals surface area contributed by atoms with Crippen LogP contribution in [0.2, 0.25) is 0 Å². The number of guanidine groups is 1. The van der Waals surface area contributed by atoms with Crippen LogP contribution in [0, 0.1) is 0 Å². The molecule has 0 radical (unpaired) electrons. The van der Waals surface area contributed by atoms with Gasteiger partial charge in [-0.25, -0.2) is 0 Å². The summed E-state index contributed by atoms with van der Waals surface area (Å²) in [6, 6.07) is 1.09. The summed E-state index contributed by atoms with van der Waals surface area (Å²) in [5.41, 5.74) is 0. The molecule has 0 aromatic carbocycles. The molecule has 3 aliphatic heterocycles. The summed E-state index contributed by atoms with van der Waals surface area (Å²) in [4.78, 5) is 6.87. The molecule has 0 spiro atoms. The average Bonchev–Trinajstić information content (AvgIpc) is 2.77. The molecule has 3 aliphatic rings. The van der Waals surface area contributed by atoms with Crippen LogP contribution in [0.4, 0.5) is 0 Å². The van der Waals surface area contributed by atoms with E-state index in [1.807, 2.05) is 0 Å². The highest BCUT2D eigenvalue weighted by molar-refractivity contribution is 5.82. The van der Waals surface area contributed by atoms with Gasteiger partial charge in [0.15, 0.2) is 5.96 Å². The second-order valence-corrected chi connectivity index (χ2v) is 4.21. The molecule has 0 aromatic rings. The third-order valence-corrected chi connectivity index (χ3v) is 3.06. The zero-order valence-corrected chi connectivity index (χ0v) is 7.86. The highest BCUT2D eigenvalue weighted by atomic mass is 16.5. The summed E-state index contributed by atoms with van der Waals surface area (Å²) in [5, 5.41) is 3.40. The number of hydrogen-bond acceptors (Lipinski definition) is 4. The van der Waals surface area contributed by atoms with Gasteiger partial charge in [-0.3, -0.25) is 4.99 Å². The van der Waals surface area contributed by atoms with Crippen molar-refractivity contribution >= 4 is 5.96 Å². The van der Waals surface area contributed by atoms with Crippen molar-refractivity contribution in [2.24, 2.45) is 4.99 Å². The Kier molecular flexibility index (Phi) is 1.53. The smallest absolute Gasteiger partial charge is 0.194 e. The quantitative estimate of drug-likeness (QED) is 0.562. The molecule has 2 bridgehead atoms. The summed E-state index contributed by atoms with van der Waals surface area (Å²) in [6.07, 6.45) is 1.65. The molecule has 13 heavy (non-hydrogen) atoms. The van der Waals surface area contributed by atoms with Crippen LogP contribution in [0.3, 0.4) is 0 Å². The van der Waals surface area contributed by atoms with E-state index in [0.29, 0.717) is 18.2 Å². The van der Waals surface area contributed by atoms with Crippen molar-refractivity contribution in [2.45, 2.75) is 31.5 Å². The lowest BCUT2D eigenvalue weighted by molar-refractivity contribution is 0.0556. The third kappa shape index (κ3) is 1.12. The van der Waals surface area contributed by atoms with Gasteiger partial charge in [-0.2, -0.15) is 0 Å². The van der Waals surface area contributed by atoms with Gasteiger partial charge >= 0.3 is 0 Å². The van der Waals surface area contributed by atoms with Gasteiger partial charge < -0.3 is 15.0 Å². The number of rotatable bonds is 0. The van der Waals surface area contributed by atoms with Gasteiger partial charge in [-0.15, -0.1) is 0 Å². The average molecular weight is 181 g/mol. The predicted octanol–water partition coefficient (Wildman–Crippen LogP) is -0.193. The van der Waals surface area contributed by atoms with Crippen LogP contribution in [0.25, 0.3) is 0 Å². The van der Waals surface area contributed by atoms with E-state index in [2.05, 4.69) is 22.1 Å². The van der Waals surface area contributed by atoms with E-state index >= 15 is 0 Å². The Morgan fingerprint density at radius 1 is 1.62 bits per heavy atom. The third-order valence-electron chi connectivity index (χ3n) is 3.06. The number of aliphatic imine (C=N–C) groups is 1. The van der Waals surface area contributed by atoms with Crippen LogP contribution in [-0.2, 0) is 4.74 Å². The van der Waals surface area contributed by atoms with Gasteiger partial charge in [0, 0.05) is 12.6 Å². The lowest BCUT2D eigenvalue weighted by atomic mass is 10.2. The van der Waals surface area contributed by atoms with Crippen molar-refractivity contribution in [3.63, 3.8) is 0 Å². The molecule has 3 heterocycles. The van der Waals surface area contributed by atoms with Gasteiger partial charge in [-0.05, 0) is 13.3 Å². The first-order chi connectivity index (χ1) is 6.33. The van der Waals surface area contributed by atoms with Crippen molar-refractivity contribution in [3.8, 4) is 0 Å². The fourth-order valence-corrected chi connectivity index (χ4v) is 2.37.